The molecule has 1 aromatic rings. The van der Waals surface area contributed by atoms with Crippen molar-refractivity contribution in [2.45, 2.75) is 57.1 Å². The summed E-state index contributed by atoms with van der Waals surface area (Å²) >= 11 is 6.30. The second-order valence-electron chi connectivity index (χ2n) is 8.03. The van der Waals surface area contributed by atoms with Crippen LogP contribution in [0.4, 0.5) is 0 Å². The molecule has 1 saturated heterocycles. The van der Waals surface area contributed by atoms with Crippen LogP contribution in [0.3, 0.4) is 0 Å². The molecule has 0 bridgehead atoms. The molecular weight excluding hydrogens is 326 g/mol. The molecule has 5 nitrogen and oxygen atoms in total. The maximum atomic E-state index is 6.32. The summed E-state index contributed by atoms with van der Waals surface area (Å²) in [7, 11) is 0. The van der Waals surface area contributed by atoms with Gasteiger partial charge in [-0.2, -0.15) is 0 Å². The summed E-state index contributed by atoms with van der Waals surface area (Å²) in [5.74, 6) is -0.534. The van der Waals surface area contributed by atoms with Crippen molar-refractivity contribution in [3.05, 3.63) is 35.1 Å². The van der Waals surface area contributed by atoms with Gasteiger partial charge in [0.05, 0.1) is 17.4 Å². The lowest BCUT2D eigenvalue weighted by Gasteiger charge is -2.44. The Bertz CT molecular complexity index is 848. The zero-order valence-corrected chi connectivity index (χ0v) is 14.8. The first-order valence-electron chi connectivity index (χ1n) is 8.56. The average molecular weight is 348 g/mol. The number of hydrogen-bond acceptors (Lipinski definition) is 4. The van der Waals surface area contributed by atoms with E-state index in [4.69, 9.17) is 21.1 Å². The van der Waals surface area contributed by atoms with E-state index in [-0.39, 0.29) is 23.7 Å². The van der Waals surface area contributed by atoms with Crippen molar-refractivity contribution in [3.63, 3.8) is 0 Å². The van der Waals surface area contributed by atoms with Gasteiger partial charge in [-0.05, 0) is 39.2 Å². The highest BCUT2D eigenvalue weighted by molar-refractivity contribution is 6.44. The molecule has 3 heterocycles. The van der Waals surface area contributed by atoms with Crippen LogP contribution in [0.2, 0.25) is 0 Å². The van der Waals surface area contributed by atoms with E-state index in [9.17, 15) is 0 Å². The Morgan fingerprint density at radius 1 is 1.38 bits per heavy atom. The minimum atomic E-state index is -0.534. The van der Waals surface area contributed by atoms with Gasteiger partial charge in [0.25, 0.3) is 0 Å². The van der Waals surface area contributed by atoms with Crippen LogP contribution >= 0.6 is 11.6 Å². The van der Waals surface area contributed by atoms with Crippen LogP contribution in [0.15, 0.2) is 29.4 Å². The number of halogens is 1. The Morgan fingerprint density at radius 3 is 2.92 bits per heavy atom. The van der Waals surface area contributed by atoms with Crippen molar-refractivity contribution in [2.75, 3.05) is 6.67 Å². The second-order valence-corrected chi connectivity index (χ2v) is 8.40. The highest BCUT2D eigenvalue weighted by Crippen LogP contribution is 2.62. The highest BCUT2D eigenvalue weighted by atomic mass is 35.5. The topological polar surface area (TPSA) is 47.8 Å². The molecule has 3 fully saturated rings. The molecule has 0 radical (unpaired) electrons. The van der Waals surface area contributed by atoms with Crippen molar-refractivity contribution in [1.29, 1.82) is 0 Å². The quantitative estimate of drug-likeness (QED) is 0.622. The number of hydrogen-bond donors (Lipinski definition) is 1. The Balaban J connectivity index is 1.60. The van der Waals surface area contributed by atoms with Gasteiger partial charge < -0.3 is 19.4 Å². The van der Waals surface area contributed by atoms with Crippen LogP contribution in [-0.2, 0) is 9.47 Å². The summed E-state index contributed by atoms with van der Waals surface area (Å²) in [5, 5.41) is 4.72. The minimum Gasteiger partial charge on any atom is -0.356 e. The minimum absolute atomic E-state index is 0.0495. The van der Waals surface area contributed by atoms with Crippen molar-refractivity contribution in [1.82, 2.24) is 9.88 Å². The van der Waals surface area contributed by atoms with E-state index in [1.807, 2.05) is 19.9 Å². The van der Waals surface area contributed by atoms with Crippen LogP contribution in [0.5, 0.6) is 0 Å². The zero-order chi connectivity index (χ0) is 16.7. The number of nitrogens with zero attached hydrogens (tertiary/aromatic N) is 2. The van der Waals surface area contributed by atoms with Crippen molar-refractivity contribution >= 4 is 16.8 Å². The number of allylic oxidation sites excluding steroid dienone is 1. The lowest BCUT2D eigenvalue weighted by atomic mass is 9.63. The van der Waals surface area contributed by atoms with E-state index in [0.29, 0.717) is 11.8 Å². The molecule has 0 unspecified atom stereocenters. The summed E-state index contributed by atoms with van der Waals surface area (Å²) in [6.45, 7) is 8.68. The first kappa shape index (κ1) is 15.0. The van der Waals surface area contributed by atoms with E-state index in [2.05, 4.69) is 27.7 Å². The summed E-state index contributed by atoms with van der Waals surface area (Å²) in [5.41, 5.74) is 2.44. The Morgan fingerprint density at radius 2 is 2.17 bits per heavy atom. The number of aromatic nitrogens is 1. The van der Waals surface area contributed by atoms with Crippen LogP contribution in [-0.4, -0.2) is 29.2 Å². The molecule has 128 valence electrons. The number of ether oxygens (including phenoxy) is 2. The third-order valence-corrected chi connectivity index (χ3v) is 6.21. The molecule has 6 heteroatoms. The lowest BCUT2D eigenvalue weighted by molar-refractivity contribution is -0.172. The van der Waals surface area contributed by atoms with Gasteiger partial charge in [0.15, 0.2) is 5.79 Å². The van der Waals surface area contributed by atoms with Crippen LogP contribution in [0, 0.1) is 5.41 Å². The molecule has 2 aliphatic heterocycles. The molecule has 0 amide bonds. The molecular formula is C18H22ClN3O2. The molecule has 1 spiro atoms. The molecule has 1 aromatic heterocycles. The summed E-state index contributed by atoms with van der Waals surface area (Å²) < 4.78 is 14.9. The van der Waals surface area contributed by atoms with E-state index in [1.165, 1.54) is 5.57 Å². The maximum absolute atomic E-state index is 6.32. The molecule has 0 aromatic carbocycles. The largest absolute Gasteiger partial charge is 0.356 e. The molecule has 4 aliphatic rings. The Kier molecular flexibility index (Phi) is 2.91. The summed E-state index contributed by atoms with van der Waals surface area (Å²) in [6.07, 6.45) is 5.39. The van der Waals surface area contributed by atoms with Crippen LogP contribution in [0.25, 0.3) is 5.16 Å². The van der Waals surface area contributed by atoms with Gasteiger partial charge in [0, 0.05) is 11.6 Å². The van der Waals surface area contributed by atoms with E-state index in [1.54, 1.807) is 0 Å². The zero-order valence-electron chi connectivity index (χ0n) is 14.0. The third-order valence-electron chi connectivity index (χ3n) is 5.88. The Hall–Kier alpha value is -1.30. The third kappa shape index (κ3) is 1.92. The second kappa shape index (κ2) is 4.65. The molecule has 3 atom stereocenters. The van der Waals surface area contributed by atoms with Gasteiger partial charge in [-0.15, -0.1) is 0 Å². The average Bonchev–Trinajstić information content (AvgIpc) is 3.11. The predicted octanol–water partition coefficient (Wildman–Crippen LogP) is 1.77. The summed E-state index contributed by atoms with van der Waals surface area (Å²) in [6, 6.07) is 2.26. The summed E-state index contributed by atoms with van der Waals surface area (Å²) in [4.78, 5) is 4.64. The fraction of sp³-hybridized carbons (Fsp3) is 0.611. The number of fused-ring (bicyclic) bond motifs is 3. The molecule has 1 N–H and O–H groups in total. The van der Waals surface area contributed by atoms with Gasteiger partial charge in [-0.1, -0.05) is 23.8 Å². The van der Waals surface area contributed by atoms with Gasteiger partial charge in [-0.25, -0.2) is 4.99 Å². The maximum Gasteiger partial charge on any atom is 0.163 e. The molecule has 24 heavy (non-hydrogen) atoms. The SMILES string of the molecule is C=C1CC2(C1)C[C@@H](n1ccc3c1=NCNC=3Cl)[C@@H]1OC(C)(C)O[C@@H]12. The molecule has 2 aliphatic carbocycles. The van der Waals surface area contributed by atoms with Crippen LogP contribution < -0.4 is 16.0 Å². The van der Waals surface area contributed by atoms with E-state index >= 15 is 0 Å². The first-order valence-corrected chi connectivity index (χ1v) is 8.94. The number of nitrogens with one attached hydrogen (secondary N) is 1. The fourth-order valence-corrected chi connectivity index (χ4v) is 5.27. The van der Waals surface area contributed by atoms with Gasteiger partial charge in [0.1, 0.15) is 23.4 Å². The van der Waals surface area contributed by atoms with Crippen molar-refractivity contribution in [2.24, 2.45) is 10.4 Å². The van der Waals surface area contributed by atoms with Gasteiger partial charge in [-0.3, -0.25) is 0 Å². The van der Waals surface area contributed by atoms with E-state index in [0.717, 1.165) is 30.0 Å². The van der Waals surface area contributed by atoms with Crippen molar-refractivity contribution < 1.29 is 9.47 Å². The fourth-order valence-electron chi connectivity index (χ4n) is 5.06. The normalized spacial score (nSPS) is 35.2. The monoisotopic (exact) mass is 347 g/mol. The first-order chi connectivity index (χ1) is 11.4. The molecule has 5 rings (SSSR count). The highest BCUT2D eigenvalue weighted by Gasteiger charge is 2.64. The predicted molar refractivity (Wildman–Crippen MR) is 90.8 cm³/mol. The van der Waals surface area contributed by atoms with Gasteiger partial charge in [0.2, 0.25) is 0 Å². The van der Waals surface area contributed by atoms with Crippen molar-refractivity contribution in [3.8, 4) is 0 Å². The number of rotatable bonds is 1. The lowest BCUT2D eigenvalue weighted by Crippen LogP contribution is -2.42. The standard InChI is InChI=1S/C18H22ClN3O2/c1-10-6-18(7-10)8-12(13-14(18)24-17(2,3)23-13)22-5-4-11-15(19)20-9-21-16(11)22/h4-5,12-14,20H,1,6-9H2,2-3H3/t12-,13+,14+/m1/s1. The van der Waals surface area contributed by atoms with E-state index < -0.39 is 5.79 Å². The van der Waals surface area contributed by atoms with Crippen LogP contribution in [0.1, 0.15) is 39.2 Å². The van der Waals surface area contributed by atoms with Gasteiger partial charge >= 0.3 is 0 Å². The Labute approximate surface area is 146 Å². The molecule has 2 saturated carbocycles. The smallest absolute Gasteiger partial charge is 0.163 e.